The predicted octanol–water partition coefficient (Wildman–Crippen LogP) is 5.92. The first-order valence-electron chi connectivity index (χ1n) is 9.50. The Morgan fingerprint density at radius 3 is 2.58 bits per heavy atom. The monoisotopic (exact) mass is 340 g/mol. The van der Waals surface area contributed by atoms with Gasteiger partial charge in [0.15, 0.2) is 0 Å². The van der Waals surface area contributed by atoms with Crippen LogP contribution in [0.25, 0.3) is 10.8 Å². The van der Waals surface area contributed by atoms with Gasteiger partial charge in [-0.1, -0.05) is 61.2 Å². The average Bonchev–Trinajstić information content (AvgIpc) is 2.68. The normalized spacial score (nSPS) is 24.0. The van der Waals surface area contributed by atoms with Crippen molar-refractivity contribution < 1.29 is 0 Å². The van der Waals surface area contributed by atoms with Crippen LogP contribution in [0, 0.1) is 0 Å². The fourth-order valence-electron chi connectivity index (χ4n) is 5.08. The lowest BCUT2D eigenvalue weighted by atomic mass is 9.73. The molecule has 3 aromatic carbocycles. The molecule has 130 valence electrons. The maximum Gasteiger partial charge on any atom is 0.139 e. The number of nitrogens with zero attached hydrogens (tertiary/aromatic N) is 1. The van der Waals surface area contributed by atoms with E-state index in [1.54, 1.807) is 0 Å². The van der Waals surface area contributed by atoms with Gasteiger partial charge >= 0.3 is 0 Å². The summed E-state index contributed by atoms with van der Waals surface area (Å²) in [7, 11) is 0. The number of piperidine rings is 1. The molecule has 2 nitrogen and oxygen atoms in total. The van der Waals surface area contributed by atoms with E-state index in [0.717, 1.165) is 6.54 Å². The molecule has 0 spiro atoms. The van der Waals surface area contributed by atoms with E-state index >= 15 is 0 Å². The molecule has 0 radical (unpaired) electrons. The highest BCUT2D eigenvalue weighted by molar-refractivity contribution is 6.06. The van der Waals surface area contributed by atoms with Crippen LogP contribution in [0.3, 0.4) is 0 Å². The summed E-state index contributed by atoms with van der Waals surface area (Å²) in [6.07, 6.45) is 2.35. The van der Waals surface area contributed by atoms with Crippen LogP contribution in [0.4, 0.5) is 11.4 Å². The van der Waals surface area contributed by atoms with Crippen molar-refractivity contribution >= 4 is 22.1 Å². The molecule has 0 saturated carbocycles. The molecule has 2 heterocycles. The quantitative estimate of drug-likeness (QED) is 0.582. The Morgan fingerprint density at radius 1 is 1.04 bits per heavy atom. The van der Waals surface area contributed by atoms with Gasteiger partial charge in [-0.25, -0.2) is 0 Å². The maximum absolute atomic E-state index is 4.46. The molecule has 0 bridgehead atoms. The lowest BCUT2D eigenvalue weighted by Gasteiger charge is -2.57. The molecule has 1 N–H and O–H groups in total. The van der Waals surface area contributed by atoms with E-state index < -0.39 is 0 Å². The van der Waals surface area contributed by atoms with Crippen molar-refractivity contribution in [1.82, 2.24) is 0 Å². The summed E-state index contributed by atoms with van der Waals surface area (Å²) >= 11 is 0. The van der Waals surface area contributed by atoms with Crippen LogP contribution < -0.4 is 10.2 Å². The number of rotatable bonds is 2. The van der Waals surface area contributed by atoms with Gasteiger partial charge < -0.3 is 10.2 Å². The highest BCUT2D eigenvalue weighted by Crippen LogP contribution is 2.52. The van der Waals surface area contributed by atoms with Crippen molar-refractivity contribution in [2.75, 3.05) is 16.8 Å². The van der Waals surface area contributed by atoms with Gasteiger partial charge in [-0.2, -0.15) is 0 Å². The lowest BCUT2D eigenvalue weighted by Crippen LogP contribution is -2.63. The number of hydrogen-bond acceptors (Lipinski definition) is 2. The third-order valence-corrected chi connectivity index (χ3v) is 6.16. The van der Waals surface area contributed by atoms with Gasteiger partial charge in [0.25, 0.3) is 0 Å². The predicted molar refractivity (Wildman–Crippen MR) is 111 cm³/mol. The Balaban J connectivity index is 1.77. The van der Waals surface area contributed by atoms with Crippen LogP contribution in [0.15, 0.2) is 78.9 Å². The molecule has 2 heteroatoms. The van der Waals surface area contributed by atoms with Crippen molar-refractivity contribution in [1.29, 1.82) is 0 Å². The van der Waals surface area contributed by atoms with Crippen LogP contribution in [0.1, 0.15) is 31.2 Å². The van der Waals surface area contributed by atoms with Crippen LogP contribution in [-0.2, 0) is 0 Å². The average molecular weight is 340 g/mol. The van der Waals surface area contributed by atoms with Crippen LogP contribution in [0.5, 0.6) is 0 Å². The fraction of sp³-hybridized carbons (Fsp3) is 0.250. The van der Waals surface area contributed by atoms with E-state index in [2.05, 4.69) is 90.4 Å². The molecule has 5 rings (SSSR count). The molecule has 1 fully saturated rings. The number of anilines is 2. The van der Waals surface area contributed by atoms with E-state index in [9.17, 15) is 0 Å². The molecule has 2 aliphatic rings. The number of nitrogens with one attached hydrogen (secondary N) is 1. The largest absolute Gasteiger partial charge is 0.358 e. The van der Waals surface area contributed by atoms with Gasteiger partial charge in [-0.3, -0.25) is 0 Å². The third-order valence-electron chi connectivity index (χ3n) is 6.16. The van der Waals surface area contributed by atoms with Crippen molar-refractivity contribution in [3.05, 3.63) is 84.4 Å². The van der Waals surface area contributed by atoms with Crippen molar-refractivity contribution in [2.45, 2.75) is 31.3 Å². The smallest absolute Gasteiger partial charge is 0.139 e. The first-order chi connectivity index (χ1) is 12.7. The van der Waals surface area contributed by atoms with Gasteiger partial charge in [0, 0.05) is 29.2 Å². The number of benzene rings is 3. The zero-order valence-corrected chi connectivity index (χ0v) is 15.2. The van der Waals surface area contributed by atoms with Crippen LogP contribution >= 0.6 is 0 Å². The second-order valence-electron chi connectivity index (χ2n) is 7.61. The molecule has 3 aromatic rings. The van der Waals surface area contributed by atoms with E-state index in [-0.39, 0.29) is 5.66 Å². The van der Waals surface area contributed by atoms with Gasteiger partial charge in [0.2, 0.25) is 0 Å². The molecule has 0 aliphatic carbocycles. The minimum atomic E-state index is -0.276. The van der Waals surface area contributed by atoms with Gasteiger partial charge in [-0.05, 0) is 48.4 Å². The Kier molecular flexibility index (Phi) is 3.36. The second kappa shape index (κ2) is 5.63. The Labute approximate surface area is 155 Å². The van der Waals surface area contributed by atoms with Gasteiger partial charge in [0.1, 0.15) is 5.66 Å². The minimum Gasteiger partial charge on any atom is -0.358 e. The number of fused-ring (bicyclic) bond motifs is 2. The van der Waals surface area contributed by atoms with E-state index in [1.165, 1.54) is 46.1 Å². The Morgan fingerprint density at radius 2 is 1.81 bits per heavy atom. The summed E-state index contributed by atoms with van der Waals surface area (Å²) in [6, 6.07) is 24.2. The summed E-state index contributed by atoms with van der Waals surface area (Å²) < 4.78 is 0. The molecule has 2 aliphatic heterocycles. The first kappa shape index (κ1) is 15.5. The standard InChI is InChI=1S/C24H24N2/c1-17(2)24-20(18-9-4-3-5-10-18)13-8-16-26(24)22-15-7-12-19-11-6-14-21(25-24)23(19)22/h3-7,9-12,14-15,20,25H,1,8,13,16H2,2H3/t20-,24+/m1/s1. The second-order valence-corrected chi connectivity index (χ2v) is 7.61. The van der Waals surface area contributed by atoms with Crippen molar-refractivity contribution in [3.8, 4) is 0 Å². The highest BCUT2D eigenvalue weighted by atomic mass is 15.4. The maximum atomic E-state index is 4.46. The first-order valence-corrected chi connectivity index (χ1v) is 9.50. The molecule has 1 saturated heterocycles. The van der Waals surface area contributed by atoms with Crippen LogP contribution in [0.2, 0.25) is 0 Å². The summed E-state index contributed by atoms with van der Waals surface area (Å²) in [6.45, 7) is 7.69. The van der Waals surface area contributed by atoms with Gasteiger partial charge in [-0.15, -0.1) is 0 Å². The third kappa shape index (κ3) is 1.99. The zero-order valence-electron chi connectivity index (χ0n) is 15.2. The molecule has 0 unspecified atom stereocenters. The van der Waals surface area contributed by atoms with Gasteiger partial charge in [0.05, 0.1) is 0 Å². The Bertz CT molecular complexity index is 986. The molecular weight excluding hydrogens is 316 g/mol. The molecule has 2 atom stereocenters. The van der Waals surface area contributed by atoms with Crippen molar-refractivity contribution in [2.24, 2.45) is 0 Å². The van der Waals surface area contributed by atoms with Crippen LogP contribution in [-0.4, -0.2) is 12.2 Å². The molecular formula is C24H24N2. The molecule has 26 heavy (non-hydrogen) atoms. The molecule has 0 amide bonds. The lowest BCUT2D eigenvalue weighted by molar-refractivity contribution is 0.336. The van der Waals surface area contributed by atoms with Crippen molar-refractivity contribution in [3.63, 3.8) is 0 Å². The van der Waals surface area contributed by atoms with E-state index in [1.807, 2.05) is 0 Å². The summed E-state index contributed by atoms with van der Waals surface area (Å²) in [5.41, 5.74) is 4.85. The summed E-state index contributed by atoms with van der Waals surface area (Å²) in [5, 5.41) is 6.58. The zero-order chi connectivity index (χ0) is 17.7. The topological polar surface area (TPSA) is 15.3 Å². The Hall–Kier alpha value is -2.74. The van der Waals surface area contributed by atoms with E-state index in [4.69, 9.17) is 0 Å². The number of hydrogen-bond donors (Lipinski definition) is 1. The summed E-state index contributed by atoms with van der Waals surface area (Å²) in [5.74, 6) is 0.374. The summed E-state index contributed by atoms with van der Waals surface area (Å²) in [4.78, 5) is 2.58. The fourth-order valence-corrected chi connectivity index (χ4v) is 5.08. The molecule has 0 aromatic heterocycles. The highest BCUT2D eigenvalue weighted by Gasteiger charge is 2.50. The van der Waals surface area contributed by atoms with E-state index in [0.29, 0.717) is 5.92 Å². The minimum absolute atomic E-state index is 0.276. The SMILES string of the molecule is C=C(C)[C@]12Nc3cccc4cccc(c34)N1CCC[C@@H]2c1ccccc1.